The Kier molecular flexibility index (Phi) is 6.03. The number of pyridine rings is 1. The minimum absolute atomic E-state index is 0.0983. The largest absolute Gasteiger partial charge is 0.491 e. The zero-order valence-electron chi connectivity index (χ0n) is 14.6. The molecule has 7 heteroatoms. The van der Waals surface area contributed by atoms with Crippen molar-refractivity contribution in [1.82, 2.24) is 4.98 Å². The summed E-state index contributed by atoms with van der Waals surface area (Å²) in [4.78, 5) is 4.40. The predicted molar refractivity (Wildman–Crippen MR) is 100 cm³/mol. The van der Waals surface area contributed by atoms with E-state index < -0.39 is 23.7 Å². The van der Waals surface area contributed by atoms with E-state index in [0.29, 0.717) is 17.2 Å². The van der Waals surface area contributed by atoms with Crippen LogP contribution in [-0.2, 0) is 0 Å². The molecule has 3 rings (SSSR count). The lowest BCUT2D eigenvalue weighted by Gasteiger charge is -2.34. The van der Waals surface area contributed by atoms with Gasteiger partial charge in [-0.2, -0.15) is 0 Å². The number of aromatic nitrogens is 1. The number of aliphatic hydroxyl groups is 3. The third-order valence-corrected chi connectivity index (χ3v) is 5.21. The summed E-state index contributed by atoms with van der Waals surface area (Å²) in [6, 6.07) is 11.1. The maximum atomic E-state index is 10.2. The Bertz CT molecular complexity index is 724. The maximum Gasteiger partial charge on any atom is 0.173 e. The Hall–Kier alpha value is -1.80. The standard InChI is InChI=1S/C19H23NO5S/c1-11(2)24-13-7-5-12(6-8-13)16-15(4-3-9-20-16)25-19-18(23)17(22)14(21)10-26-19/h3-9,11,14,17-19,21-23H,10H2,1-2H3/t14-,17+,18-,19-/m1/s1. The fraction of sp³-hybridized carbons (Fsp3) is 0.421. The Balaban J connectivity index is 1.80. The molecular formula is C19H23NO5S. The molecule has 0 amide bonds. The van der Waals surface area contributed by atoms with Crippen LogP contribution in [0.3, 0.4) is 0 Å². The van der Waals surface area contributed by atoms with Crippen LogP contribution in [0, 0.1) is 0 Å². The molecule has 1 aliphatic rings. The highest BCUT2D eigenvalue weighted by atomic mass is 32.2. The third-order valence-electron chi connectivity index (χ3n) is 3.97. The van der Waals surface area contributed by atoms with Gasteiger partial charge in [-0.15, -0.1) is 11.8 Å². The van der Waals surface area contributed by atoms with Crippen LogP contribution in [0.2, 0.25) is 0 Å². The zero-order valence-corrected chi connectivity index (χ0v) is 15.5. The first-order chi connectivity index (χ1) is 12.5. The summed E-state index contributed by atoms with van der Waals surface area (Å²) in [5.74, 6) is 1.57. The number of hydrogen-bond acceptors (Lipinski definition) is 7. The highest BCUT2D eigenvalue weighted by Crippen LogP contribution is 2.34. The average Bonchev–Trinajstić information content (AvgIpc) is 2.63. The number of hydrogen-bond donors (Lipinski definition) is 3. The molecule has 1 fully saturated rings. The number of aliphatic hydroxyl groups excluding tert-OH is 3. The summed E-state index contributed by atoms with van der Waals surface area (Å²) in [5, 5.41) is 29.7. The van der Waals surface area contributed by atoms with Crippen molar-refractivity contribution in [1.29, 1.82) is 0 Å². The van der Waals surface area contributed by atoms with Crippen molar-refractivity contribution in [3.63, 3.8) is 0 Å². The van der Waals surface area contributed by atoms with E-state index in [1.54, 1.807) is 18.3 Å². The molecule has 0 aliphatic carbocycles. The number of nitrogens with zero attached hydrogens (tertiary/aromatic N) is 1. The lowest BCUT2D eigenvalue weighted by molar-refractivity contribution is -0.0785. The molecule has 1 aromatic heterocycles. The van der Waals surface area contributed by atoms with Gasteiger partial charge in [-0.05, 0) is 50.2 Å². The van der Waals surface area contributed by atoms with Gasteiger partial charge in [-0.25, -0.2) is 0 Å². The SMILES string of the molecule is CC(C)Oc1ccc(-c2ncccc2O[C@@H]2SC[C@@H](O)[C@H](O)[C@H]2O)cc1. The van der Waals surface area contributed by atoms with Crippen molar-refractivity contribution in [2.45, 2.75) is 43.7 Å². The van der Waals surface area contributed by atoms with Crippen molar-refractivity contribution >= 4 is 11.8 Å². The molecule has 0 radical (unpaired) electrons. The Morgan fingerprint density at radius 1 is 1.08 bits per heavy atom. The quantitative estimate of drug-likeness (QED) is 0.735. The molecule has 6 nitrogen and oxygen atoms in total. The lowest BCUT2D eigenvalue weighted by atomic mass is 10.1. The van der Waals surface area contributed by atoms with Crippen molar-refractivity contribution in [3.05, 3.63) is 42.6 Å². The molecule has 3 N–H and O–H groups in total. The molecule has 26 heavy (non-hydrogen) atoms. The molecule has 0 spiro atoms. The first kappa shape index (κ1) is 19.0. The average molecular weight is 377 g/mol. The molecule has 0 bridgehead atoms. The van der Waals surface area contributed by atoms with E-state index in [1.165, 1.54) is 11.8 Å². The fourth-order valence-electron chi connectivity index (χ4n) is 2.67. The monoisotopic (exact) mass is 377 g/mol. The van der Waals surface area contributed by atoms with Crippen molar-refractivity contribution < 1.29 is 24.8 Å². The zero-order chi connectivity index (χ0) is 18.7. The van der Waals surface area contributed by atoms with E-state index in [1.807, 2.05) is 38.1 Å². The molecule has 2 aromatic rings. The van der Waals surface area contributed by atoms with Gasteiger partial charge in [0.25, 0.3) is 0 Å². The molecule has 140 valence electrons. The molecular weight excluding hydrogens is 354 g/mol. The van der Waals surface area contributed by atoms with Crippen LogP contribution < -0.4 is 9.47 Å². The van der Waals surface area contributed by atoms with Gasteiger partial charge >= 0.3 is 0 Å². The Morgan fingerprint density at radius 3 is 2.50 bits per heavy atom. The van der Waals surface area contributed by atoms with E-state index in [-0.39, 0.29) is 6.10 Å². The van der Waals surface area contributed by atoms with Gasteiger partial charge in [0.2, 0.25) is 0 Å². The summed E-state index contributed by atoms with van der Waals surface area (Å²) in [5.41, 5.74) is 0.810. The normalized spacial score (nSPS) is 25.9. The molecule has 0 unspecified atom stereocenters. The first-order valence-corrected chi connectivity index (χ1v) is 9.55. The number of ether oxygens (including phenoxy) is 2. The predicted octanol–water partition coefficient (Wildman–Crippen LogP) is 2.07. The number of thioether (sulfide) groups is 1. The van der Waals surface area contributed by atoms with Crippen LogP contribution >= 0.6 is 11.8 Å². The Labute approximate surface area is 156 Å². The molecule has 1 saturated heterocycles. The van der Waals surface area contributed by atoms with E-state index in [4.69, 9.17) is 9.47 Å². The first-order valence-electron chi connectivity index (χ1n) is 8.50. The van der Waals surface area contributed by atoms with Gasteiger partial charge in [0.15, 0.2) is 5.44 Å². The summed E-state index contributed by atoms with van der Waals surface area (Å²) in [6.07, 6.45) is -1.60. The minimum Gasteiger partial charge on any atom is -0.491 e. The molecule has 2 heterocycles. The molecule has 1 aliphatic heterocycles. The van der Waals surface area contributed by atoms with Gasteiger partial charge < -0.3 is 24.8 Å². The second-order valence-corrected chi connectivity index (χ2v) is 7.54. The van der Waals surface area contributed by atoms with Gasteiger partial charge in [0.05, 0.1) is 12.2 Å². The van der Waals surface area contributed by atoms with Gasteiger partial charge in [-0.3, -0.25) is 4.98 Å². The van der Waals surface area contributed by atoms with Gasteiger partial charge in [0, 0.05) is 17.5 Å². The smallest absolute Gasteiger partial charge is 0.173 e. The van der Waals surface area contributed by atoms with E-state index in [0.717, 1.165) is 11.3 Å². The topological polar surface area (TPSA) is 92.0 Å². The third kappa shape index (κ3) is 4.29. The van der Waals surface area contributed by atoms with E-state index in [9.17, 15) is 15.3 Å². The maximum absolute atomic E-state index is 10.2. The van der Waals surface area contributed by atoms with Crippen molar-refractivity contribution in [3.8, 4) is 22.8 Å². The summed E-state index contributed by atoms with van der Waals surface area (Å²) >= 11 is 1.26. The minimum atomic E-state index is -1.23. The van der Waals surface area contributed by atoms with Crippen LogP contribution in [-0.4, -0.2) is 55.9 Å². The molecule has 1 aromatic carbocycles. The van der Waals surface area contributed by atoms with E-state index >= 15 is 0 Å². The molecule has 0 saturated carbocycles. The van der Waals surface area contributed by atoms with E-state index in [2.05, 4.69) is 4.98 Å². The van der Waals surface area contributed by atoms with Gasteiger partial charge in [-0.1, -0.05) is 0 Å². The van der Waals surface area contributed by atoms with Crippen LogP contribution in [0.4, 0.5) is 0 Å². The second kappa shape index (κ2) is 8.26. The molecule has 4 atom stereocenters. The van der Waals surface area contributed by atoms with Crippen LogP contribution in [0.5, 0.6) is 11.5 Å². The number of rotatable bonds is 5. The van der Waals surface area contributed by atoms with Crippen LogP contribution in [0.15, 0.2) is 42.6 Å². The lowest BCUT2D eigenvalue weighted by Crippen LogP contribution is -2.50. The highest BCUT2D eigenvalue weighted by Gasteiger charge is 2.38. The van der Waals surface area contributed by atoms with Crippen LogP contribution in [0.1, 0.15) is 13.8 Å². The summed E-state index contributed by atoms with van der Waals surface area (Å²) < 4.78 is 11.6. The summed E-state index contributed by atoms with van der Waals surface area (Å²) in [7, 11) is 0. The highest BCUT2D eigenvalue weighted by molar-refractivity contribution is 7.99. The number of benzene rings is 1. The summed E-state index contributed by atoms with van der Waals surface area (Å²) in [6.45, 7) is 3.94. The van der Waals surface area contributed by atoms with Crippen molar-refractivity contribution in [2.75, 3.05) is 5.75 Å². The van der Waals surface area contributed by atoms with Gasteiger partial charge in [0.1, 0.15) is 29.4 Å². The second-order valence-electron chi connectivity index (χ2n) is 6.41. The van der Waals surface area contributed by atoms with Crippen LogP contribution in [0.25, 0.3) is 11.3 Å². The Morgan fingerprint density at radius 2 is 1.81 bits per heavy atom. The van der Waals surface area contributed by atoms with Crippen molar-refractivity contribution in [2.24, 2.45) is 0 Å². The fourth-order valence-corrected chi connectivity index (χ4v) is 3.79.